The highest BCUT2D eigenvalue weighted by molar-refractivity contribution is 5.77. The van der Waals surface area contributed by atoms with Crippen molar-refractivity contribution in [2.24, 2.45) is 0 Å². The van der Waals surface area contributed by atoms with E-state index in [-0.39, 0.29) is 17.2 Å². The Morgan fingerprint density at radius 1 is 0.963 bits per heavy atom. The summed E-state index contributed by atoms with van der Waals surface area (Å²) in [6, 6.07) is 19.1. The molecule has 146 valence electrons. The smallest absolute Gasteiger partial charge is 0.220 e. The largest absolute Gasteiger partial charge is 0.356 e. The number of hydrogen-bond donors (Lipinski definition) is 2. The van der Waals surface area contributed by atoms with E-state index in [4.69, 9.17) is 0 Å². The fourth-order valence-corrected chi connectivity index (χ4v) is 3.26. The Morgan fingerprint density at radius 2 is 1.56 bits per heavy atom. The van der Waals surface area contributed by atoms with Gasteiger partial charge in [0, 0.05) is 25.3 Å². The molecule has 27 heavy (non-hydrogen) atoms. The summed E-state index contributed by atoms with van der Waals surface area (Å²) in [5.41, 5.74) is 3.83. The summed E-state index contributed by atoms with van der Waals surface area (Å²) < 4.78 is 0. The van der Waals surface area contributed by atoms with Gasteiger partial charge in [-0.2, -0.15) is 0 Å². The summed E-state index contributed by atoms with van der Waals surface area (Å²) in [7, 11) is 4.27. The minimum Gasteiger partial charge on any atom is -0.356 e. The number of hydrogen-bond acceptors (Lipinski definition) is 1. The van der Waals surface area contributed by atoms with Crippen LogP contribution in [-0.4, -0.2) is 33.1 Å². The first-order valence-corrected chi connectivity index (χ1v) is 9.98. The average Bonchev–Trinajstić information content (AvgIpc) is 2.63. The molecule has 2 N–H and O–H groups in total. The van der Waals surface area contributed by atoms with E-state index >= 15 is 0 Å². The molecule has 2 rings (SSSR count). The van der Waals surface area contributed by atoms with Crippen LogP contribution in [0.25, 0.3) is 0 Å². The second-order valence-corrected chi connectivity index (χ2v) is 8.70. The third-order valence-electron chi connectivity index (χ3n) is 4.95. The Hall–Kier alpha value is -2.13. The van der Waals surface area contributed by atoms with Gasteiger partial charge < -0.3 is 10.2 Å². The zero-order valence-electron chi connectivity index (χ0n) is 17.5. The van der Waals surface area contributed by atoms with Crippen molar-refractivity contribution in [3.8, 4) is 0 Å². The van der Waals surface area contributed by atoms with Crippen LogP contribution in [0.3, 0.4) is 0 Å². The van der Waals surface area contributed by atoms with Gasteiger partial charge in [-0.25, -0.2) is 0 Å². The zero-order chi connectivity index (χ0) is 19.9. The van der Waals surface area contributed by atoms with E-state index in [0.717, 1.165) is 19.5 Å². The van der Waals surface area contributed by atoms with Gasteiger partial charge in [-0.1, -0.05) is 75.4 Å². The fourth-order valence-electron chi connectivity index (χ4n) is 3.26. The number of carbonyl (C=O) groups is 1. The number of amides is 1. The molecule has 3 nitrogen and oxygen atoms in total. The lowest BCUT2D eigenvalue weighted by Gasteiger charge is -2.22. The highest BCUT2D eigenvalue weighted by atomic mass is 16.1. The Balaban J connectivity index is 2.12. The van der Waals surface area contributed by atoms with Crippen molar-refractivity contribution in [3.05, 3.63) is 71.3 Å². The Labute approximate surface area is 164 Å². The SMILES string of the molecule is C[NH+](C)CCCNC(=O)CC(c1ccccc1)c1ccc(C(C)(C)C)cc1. The van der Waals surface area contributed by atoms with E-state index < -0.39 is 0 Å². The predicted octanol–water partition coefficient (Wildman–Crippen LogP) is 3.16. The van der Waals surface area contributed by atoms with Crippen molar-refractivity contribution >= 4 is 5.91 Å². The van der Waals surface area contributed by atoms with Gasteiger partial charge in [0.15, 0.2) is 0 Å². The van der Waals surface area contributed by atoms with E-state index in [2.05, 4.69) is 76.6 Å². The van der Waals surface area contributed by atoms with Gasteiger partial charge in [-0.05, 0) is 22.1 Å². The first-order chi connectivity index (χ1) is 12.8. The molecule has 2 aromatic carbocycles. The van der Waals surface area contributed by atoms with Crippen molar-refractivity contribution in [1.29, 1.82) is 0 Å². The van der Waals surface area contributed by atoms with Crippen LogP contribution in [-0.2, 0) is 10.2 Å². The summed E-state index contributed by atoms with van der Waals surface area (Å²) in [5.74, 6) is 0.206. The average molecular weight is 368 g/mol. The second kappa shape index (κ2) is 9.70. The molecular formula is C24H35N2O+. The van der Waals surface area contributed by atoms with Gasteiger partial charge in [0.25, 0.3) is 0 Å². The van der Waals surface area contributed by atoms with Gasteiger partial charge in [-0.15, -0.1) is 0 Å². The third-order valence-corrected chi connectivity index (χ3v) is 4.95. The van der Waals surface area contributed by atoms with Crippen LogP contribution in [0.4, 0.5) is 0 Å². The van der Waals surface area contributed by atoms with Crippen molar-refractivity contribution in [2.45, 2.75) is 44.9 Å². The van der Waals surface area contributed by atoms with E-state index in [1.807, 2.05) is 18.2 Å². The Morgan fingerprint density at radius 3 is 2.11 bits per heavy atom. The minimum absolute atomic E-state index is 0.0830. The molecule has 0 heterocycles. The van der Waals surface area contributed by atoms with Gasteiger partial charge in [-0.3, -0.25) is 4.79 Å². The molecule has 1 atom stereocenters. The van der Waals surface area contributed by atoms with Crippen LogP contribution in [0.1, 0.15) is 56.2 Å². The maximum absolute atomic E-state index is 12.6. The zero-order valence-corrected chi connectivity index (χ0v) is 17.5. The quantitative estimate of drug-likeness (QED) is 0.691. The molecule has 0 aliphatic heterocycles. The molecule has 1 amide bonds. The topological polar surface area (TPSA) is 33.5 Å². The monoisotopic (exact) mass is 367 g/mol. The lowest BCUT2D eigenvalue weighted by Crippen LogP contribution is -3.05. The number of carbonyl (C=O) groups excluding carboxylic acids is 1. The normalized spacial score (nSPS) is 12.8. The summed E-state index contributed by atoms with van der Waals surface area (Å²) in [6.07, 6.45) is 1.48. The molecule has 0 aliphatic rings. The lowest BCUT2D eigenvalue weighted by atomic mass is 9.83. The van der Waals surface area contributed by atoms with E-state index in [1.54, 1.807) is 0 Å². The van der Waals surface area contributed by atoms with Crippen molar-refractivity contribution in [1.82, 2.24) is 5.32 Å². The first-order valence-electron chi connectivity index (χ1n) is 9.98. The standard InChI is InChI=1S/C24H34N2O/c1-24(2,3)21-14-12-20(13-15-21)22(19-10-7-6-8-11-19)18-23(27)25-16-9-17-26(4)5/h6-8,10-15,22H,9,16-18H2,1-5H3,(H,25,27)/p+1. The molecule has 0 aliphatic carbocycles. The van der Waals surface area contributed by atoms with Gasteiger partial charge in [0.05, 0.1) is 20.6 Å². The lowest BCUT2D eigenvalue weighted by molar-refractivity contribution is -0.858. The summed E-state index contributed by atoms with van der Waals surface area (Å²) >= 11 is 0. The van der Waals surface area contributed by atoms with Gasteiger partial charge in [0.1, 0.15) is 0 Å². The molecule has 0 spiro atoms. The van der Waals surface area contributed by atoms with Crippen LogP contribution >= 0.6 is 0 Å². The maximum Gasteiger partial charge on any atom is 0.220 e. The van der Waals surface area contributed by atoms with Crippen LogP contribution in [0.5, 0.6) is 0 Å². The maximum atomic E-state index is 12.6. The van der Waals surface area contributed by atoms with Gasteiger partial charge >= 0.3 is 0 Å². The molecule has 0 radical (unpaired) electrons. The fraction of sp³-hybridized carbons (Fsp3) is 0.458. The number of nitrogens with one attached hydrogen (secondary N) is 2. The summed E-state index contributed by atoms with van der Waals surface area (Å²) in [6.45, 7) is 8.48. The molecule has 0 saturated carbocycles. The van der Waals surface area contributed by atoms with Crippen molar-refractivity contribution in [3.63, 3.8) is 0 Å². The van der Waals surface area contributed by atoms with Crippen LogP contribution < -0.4 is 10.2 Å². The third kappa shape index (κ3) is 6.84. The van der Waals surface area contributed by atoms with Crippen molar-refractivity contribution < 1.29 is 9.69 Å². The first kappa shape index (κ1) is 21.2. The number of quaternary nitrogens is 1. The number of rotatable bonds is 8. The molecule has 2 aromatic rings. The summed E-state index contributed by atoms with van der Waals surface area (Å²) in [5, 5.41) is 3.09. The Bertz CT molecular complexity index is 699. The predicted molar refractivity (Wildman–Crippen MR) is 113 cm³/mol. The molecule has 0 fully saturated rings. The summed E-state index contributed by atoms with van der Waals surface area (Å²) in [4.78, 5) is 14.0. The second-order valence-electron chi connectivity index (χ2n) is 8.70. The Kier molecular flexibility index (Phi) is 7.61. The van der Waals surface area contributed by atoms with E-state index in [9.17, 15) is 4.79 Å². The van der Waals surface area contributed by atoms with Gasteiger partial charge in [0.2, 0.25) is 5.91 Å². The highest BCUT2D eigenvalue weighted by Gasteiger charge is 2.19. The minimum atomic E-state index is 0.0830. The van der Waals surface area contributed by atoms with Crippen LogP contribution in [0.15, 0.2) is 54.6 Å². The molecule has 0 aromatic heterocycles. The molecule has 1 unspecified atom stereocenters. The van der Waals surface area contributed by atoms with Crippen LogP contribution in [0.2, 0.25) is 0 Å². The van der Waals surface area contributed by atoms with Crippen LogP contribution in [0, 0.1) is 0 Å². The molecule has 0 saturated heterocycles. The highest BCUT2D eigenvalue weighted by Crippen LogP contribution is 2.30. The molecule has 3 heteroatoms. The molecule has 0 bridgehead atoms. The van der Waals surface area contributed by atoms with E-state index in [1.165, 1.54) is 21.6 Å². The van der Waals surface area contributed by atoms with E-state index in [0.29, 0.717) is 6.42 Å². The molecular weight excluding hydrogens is 332 g/mol. The van der Waals surface area contributed by atoms with Crippen molar-refractivity contribution in [2.75, 3.05) is 27.2 Å². The number of benzene rings is 2.